The van der Waals surface area contributed by atoms with E-state index in [9.17, 15) is 14.4 Å². The van der Waals surface area contributed by atoms with Crippen molar-refractivity contribution < 1.29 is 14.4 Å². The van der Waals surface area contributed by atoms with Gasteiger partial charge in [-0.1, -0.05) is 17.7 Å². The molecule has 4 amide bonds. The number of anilines is 1. The van der Waals surface area contributed by atoms with Crippen LogP contribution < -0.4 is 10.2 Å². The quantitative estimate of drug-likeness (QED) is 0.492. The molecule has 6 heteroatoms. The minimum absolute atomic E-state index is 0.457. The zero-order chi connectivity index (χ0) is 19.4. The summed E-state index contributed by atoms with van der Waals surface area (Å²) in [7, 11) is 0. The van der Waals surface area contributed by atoms with E-state index < -0.39 is 23.8 Å². The lowest BCUT2D eigenvalue weighted by molar-refractivity contribution is -0.131. The molecular weight excluding hydrogens is 342 g/mol. The Morgan fingerprint density at radius 3 is 2.70 bits per heavy atom. The molecule has 0 bridgehead atoms. The van der Waals surface area contributed by atoms with Crippen molar-refractivity contribution in [3.63, 3.8) is 0 Å². The first kappa shape index (κ1) is 19.0. The Morgan fingerprint density at radius 2 is 2.00 bits per heavy atom. The van der Waals surface area contributed by atoms with Gasteiger partial charge in [0.05, 0.1) is 5.69 Å². The molecule has 0 aromatic heterocycles. The van der Waals surface area contributed by atoms with Gasteiger partial charge in [0.1, 0.15) is 0 Å². The summed E-state index contributed by atoms with van der Waals surface area (Å²) in [6.07, 6.45) is 9.17. The van der Waals surface area contributed by atoms with Crippen molar-refractivity contribution in [1.82, 2.24) is 5.32 Å². The van der Waals surface area contributed by atoms with Crippen LogP contribution in [-0.2, 0) is 9.59 Å². The molecule has 0 spiro atoms. The predicted molar refractivity (Wildman–Crippen MR) is 105 cm³/mol. The summed E-state index contributed by atoms with van der Waals surface area (Å²) in [4.78, 5) is 42.4. The molecule has 1 aliphatic heterocycles. The first-order valence-electron chi connectivity index (χ1n) is 9.41. The summed E-state index contributed by atoms with van der Waals surface area (Å²) >= 11 is 0. The minimum Gasteiger partial charge on any atom is -0.296 e. The number of hydrogen-bond donors (Lipinski definition) is 1. The van der Waals surface area contributed by atoms with Gasteiger partial charge in [0.15, 0.2) is 5.92 Å². The van der Waals surface area contributed by atoms with Crippen LogP contribution in [0.1, 0.15) is 43.2 Å². The average Bonchev–Trinajstić information content (AvgIpc) is 2.64. The van der Waals surface area contributed by atoms with Gasteiger partial charge in [-0.25, -0.2) is 9.69 Å². The van der Waals surface area contributed by atoms with E-state index in [4.69, 9.17) is 0 Å². The minimum atomic E-state index is -1.08. The Bertz CT molecular complexity index is 826. The van der Waals surface area contributed by atoms with Crippen molar-refractivity contribution in [3.8, 4) is 0 Å². The molecule has 27 heavy (non-hydrogen) atoms. The molecule has 0 saturated carbocycles. The van der Waals surface area contributed by atoms with Crippen LogP contribution in [0, 0.1) is 19.8 Å². The number of carbonyl (C=O) groups is 3. The first-order valence-corrected chi connectivity index (χ1v) is 9.41. The third-order valence-corrected chi connectivity index (χ3v) is 5.15. The maximum absolute atomic E-state index is 12.8. The van der Waals surface area contributed by atoms with E-state index in [-0.39, 0.29) is 0 Å². The normalized spacial score (nSPS) is 20.8. The number of hydrogen-bond acceptors (Lipinski definition) is 4. The molecule has 2 aliphatic rings. The van der Waals surface area contributed by atoms with Crippen molar-refractivity contribution in [2.24, 2.45) is 10.9 Å². The van der Waals surface area contributed by atoms with E-state index >= 15 is 0 Å². The molecule has 1 aromatic carbocycles. The van der Waals surface area contributed by atoms with Crippen LogP contribution in [0.15, 0.2) is 34.8 Å². The predicted octanol–water partition coefficient (Wildman–Crippen LogP) is 3.46. The first-order chi connectivity index (χ1) is 13.0. The molecule has 1 saturated heterocycles. The Balaban J connectivity index is 1.71. The third-order valence-electron chi connectivity index (χ3n) is 5.15. The van der Waals surface area contributed by atoms with Gasteiger partial charge in [-0.15, -0.1) is 0 Å². The van der Waals surface area contributed by atoms with Crippen molar-refractivity contribution in [1.29, 1.82) is 0 Å². The zero-order valence-corrected chi connectivity index (χ0v) is 15.8. The van der Waals surface area contributed by atoms with Crippen LogP contribution in [0.5, 0.6) is 0 Å². The SMILES string of the molecule is Cc1ccc(N2C(=O)NC(=O)[C@H](C=NCCC3=CCCCC3)C2=O)cc1C. The number of nitrogens with one attached hydrogen (secondary N) is 1. The summed E-state index contributed by atoms with van der Waals surface area (Å²) in [5, 5.41) is 2.26. The summed E-state index contributed by atoms with van der Waals surface area (Å²) in [5.41, 5.74) is 3.88. The Kier molecular flexibility index (Phi) is 5.84. The van der Waals surface area contributed by atoms with E-state index in [1.165, 1.54) is 24.6 Å². The smallest absolute Gasteiger partial charge is 0.296 e. The van der Waals surface area contributed by atoms with Gasteiger partial charge in [-0.2, -0.15) is 0 Å². The number of amides is 4. The summed E-state index contributed by atoms with van der Waals surface area (Å²) in [5.74, 6) is -2.26. The van der Waals surface area contributed by atoms with E-state index in [0.717, 1.165) is 35.3 Å². The Labute approximate surface area is 159 Å². The number of rotatable bonds is 5. The van der Waals surface area contributed by atoms with Gasteiger partial charge < -0.3 is 0 Å². The highest BCUT2D eigenvalue weighted by molar-refractivity contribution is 6.32. The van der Waals surface area contributed by atoms with Crippen LogP contribution in [0.2, 0.25) is 0 Å². The van der Waals surface area contributed by atoms with Crippen LogP contribution in [0.3, 0.4) is 0 Å². The fourth-order valence-electron chi connectivity index (χ4n) is 3.35. The van der Waals surface area contributed by atoms with Gasteiger partial charge in [0.2, 0.25) is 5.91 Å². The fourth-order valence-corrected chi connectivity index (χ4v) is 3.35. The molecule has 1 fully saturated rings. The van der Waals surface area contributed by atoms with E-state index in [1.54, 1.807) is 12.1 Å². The number of imide groups is 2. The molecule has 142 valence electrons. The van der Waals surface area contributed by atoms with Crippen LogP contribution in [0.4, 0.5) is 10.5 Å². The molecular formula is C21H25N3O3. The lowest BCUT2D eigenvalue weighted by Gasteiger charge is -2.28. The van der Waals surface area contributed by atoms with E-state index in [1.807, 2.05) is 19.9 Å². The number of nitrogens with zero attached hydrogens (tertiary/aromatic N) is 2. The number of aliphatic imine (C=N–C) groups is 1. The molecule has 1 atom stereocenters. The molecule has 6 nitrogen and oxygen atoms in total. The van der Waals surface area contributed by atoms with Crippen molar-refractivity contribution in [3.05, 3.63) is 41.0 Å². The third kappa shape index (κ3) is 4.32. The molecule has 3 rings (SSSR count). The van der Waals surface area contributed by atoms with Gasteiger partial charge in [-0.3, -0.25) is 19.9 Å². The van der Waals surface area contributed by atoms with Gasteiger partial charge in [0, 0.05) is 12.8 Å². The molecule has 1 aromatic rings. The largest absolute Gasteiger partial charge is 0.335 e. The van der Waals surface area contributed by atoms with E-state index in [2.05, 4.69) is 16.4 Å². The molecule has 1 heterocycles. The monoisotopic (exact) mass is 367 g/mol. The maximum Gasteiger partial charge on any atom is 0.335 e. The highest BCUT2D eigenvalue weighted by Crippen LogP contribution is 2.23. The Hall–Kier alpha value is -2.76. The Morgan fingerprint density at radius 1 is 1.19 bits per heavy atom. The topological polar surface area (TPSA) is 78.8 Å². The standard InChI is InChI=1S/C21H25N3O3/c1-14-8-9-17(12-15(14)2)24-20(26)18(19(25)23-21(24)27)13-22-11-10-16-6-4-3-5-7-16/h6,8-9,12-13,18H,3-5,7,10-11H2,1-2H3,(H,23,25,27)/t18-/m0/s1. The number of barbiturate groups is 1. The summed E-state index contributed by atoms with van der Waals surface area (Å²) < 4.78 is 0. The molecule has 1 aliphatic carbocycles. The highest BCUT2D eigenvalue weighted by atomic mass is 16.2. The van der Waals surface area contributed by atoms with Gasteiger partial charge in [-0.05, 0) is 69.2 Å². The lowest BCUT2D eigenvalue weighted by Crippen LogP contribution is -2.58. The number of carbonyl (C=O) groups excluding carboxylic acids is 3. The van der Waals surface area contributed by atoms with Gasteiger partial charge in [0.25, 0.3) is 5.91 Å². The van der Waals surface area contributed by atoms with Crippen molar-refractivity contribution >= 4 is 29.7 Å². The maximum atomic E-state index is 12.8. The molecule has 0 radical (unpaired) electrons. The second-order valence-corrected chi connectivity index (χ2v) is 7.13. The average molecular weight is 367 g/mol. The van der Waals surface area contributed by atoms with Crippen LogP contribution in [-0.4, -0.2) is 30.6 Å². The number of benzene rings is 1. The number of urea groups is 1. The fraction of sp³-hybridized carbons (Fsp3) is 0.429. The van der Waals surface area contributed by atoms with Crippen molar-refractivity contribution in [2.45, 2.75) is 46.0 Å². The lowest BCUT2D eigenvalue weighted by atomic mass is 9.97. The second-order valence-electron chi connectivity index (χ2n) is 7.13. The van der Waals surface area contributed by atoms with Crippen molar-refractivity contribution in [2.75, 3.05) is 11.4 Å². The highest BCUT2D eigenvalue weighted by Gasteiger charge is 2.40. The van der Waals surface area contributed by atoms with Crippen LogP contribution in [0.25, 0.3) is 0 Å². The zero-order valence-electron chi connectivity index (χ0n) is 15.8. The molecule has 0 unspecified atom stereocenters. The second kappa shape index (κ2) is 8.29. The number of allylic oxidation sites excluding steroid dienone is 1. The van der Waals surface area contributed by atoms with E-state index in [0.29, 0.717) is 12.2 Å². The molecule has 1 N–H and O–H groups in total. The summed E-state index contributed by atoms with van der Waals surface area (Å²) in [6.45, 7) is 4.41. The van der Waals surface area contributed by atoms with Crippen LogP contribution >= 0.6 is 0 Å². The summed E-state index contributed by atoms with van der Waals surface area (Å²) in [6, 6.07) is 4.61. The number of aryl methyl sites for hydroxylation is 2. The van der Waals surface area contributed by atoms with Gasteiger partial charge >= 0.3 is 6.03 Å².